The number of hydroxylamine groups is 2. The minimum Gasteiger partial charge on any atom is -0.474 e. The third-order valence-electron chi connectivity index (χ3n) is 5.44. The molecule has 3 rings (SSSR count). The van der Waals surface area contributed by atoms with Crippen molar-refractivity contribution in [2.24, 2.45) is 0 Å². The molecule has 1 aliphatic heterocycles. The van der Waals surface area contributed by atoms with Gasteiger partial charge in [0.25, 0.3) is 0 Å². The standard InChI is InChI=1S/C24H32FN3O8S/c1-16(2)33-24(29)36-28-10-8-18(9-11-28)34-22-17(3)23(27-15-26-22)35-21-7-6-19(14-20(21)25)37(30,31)13-5-12-32-4/h6-7,14-16,18H,5,8-13H2,1-4H3. The fraction of sp³-hybridized carbons (Fsp3) is 0.542. The number of rotatable bonds is 11. The molecule has 37 heavy (non-hydrogen) atoms. The summed E-state index contributed by atoms with van der Waals surface area (Å²) in [6, 6.07) is 3.47. The van der Waals surface area contributed by atoms with E-state index in [0.29, 0.717) is 44.5 Å². The Hall–Kier alpha value is -3.03. The van der Waals surface area contributed by atoms with E-state index >= 15 is 0 Å². The fourth-order valence-corrected chi connectivity index (χ4v) is 4.82. The predicted octanol–water partition coefficient (Wildman–Crippen LogP) is 3.85. The molecule has 0 N–H and O–H groups in total. The van der Waals surface area contributed by atoms with Crippen molar-refractivity contribution >= 4 is 16.0 Å². The highest BCUT2D eigenvalue weighted by Gasteiger charge is 2.26. The Bertz CT molecular complexity index is 1170. The van der Waals surface area contributed by atoms with Crippen molar-refractivity contribution < 1.29 is 41.4 Å². The second-order valence-corrected chi connectivity index (χ2v) is 10.8. The van der Waals surface area contributed by atoms with E-state index in [1.807, 2.05) is 0 Å². The normalized spacial score (nSPS) is 15.0. The number of halogens is 1. The monoisotopic (exact) mass is 541 g/mol. The molecule has 0 bridgehead atoms. The van der Waals surface area contributed by atoms with E-state index in [1.165, 1.54) is 30.6 Å². The number of carbonyl (C=O) groups excluding carboxylic acids is 1. The Morgan fingerprint density at radius 2 is 1.89 bits per heavy atom. The quantitative estimate of drug-likeness (QED) is 0.304. The lowest BCUT2D eigenvalue weighted by Gasteiger charge is -2.30. The summed E-state index contributed by atoms with van der Waals surface area (Å²) in [6.45, 7) is 6.36. The molecule has 0 amide bonds. The molecule has 0 radical (unpaired) electrons. The van der Waals surface area contributed by atoms with Crippen molar-refractivity contribution in [1.82, 2.24) is 15.0 Å². The average molecular weight is 542 g/mol. The van der Waals surface area contributed by atoms with Crippen LogP contribution in [-0.4, -0.2) is 74.4 Å². The molecular weight excluding hydrogens is 509 g/mol. The van der Waals surface area contributed by atoms with Gasteiger partial charge in [0.1, 0.15) is 12.4 Å². The Balaban J connectivity index is 1.61. The molecule has 1 aromatic carbocycles. The van der Waals surface area contributed by atoms with Gasteiger partial charge in [0.05, 0.1) is 22.3 Å². The van der Waals surface area contributed by atoms with Crippen LogP contribution in [0, 0.1) is 12.7 Å². The Kier molecular flexibility index (Phi) is 10.0. The van der Waals surface area contributed by atoms with Crippen molar-refractivity contribution in [1.29, 1.82) is 0 Å². The van der Waals surface area contributed by atoms with Gasteiger partial charge in [-0.2, -0.15) is 0 Å². The van der Waals surface area contributed by atoms with Gasteiger partial charge in [-0.25, -0.2) is 27.6 Å². The van der Waals surface area contributed by atoms with Crippen LogP contribution in [0.4, 0.5) is 9.18 Å². The zero-order valence-corrected chi connectivity index (χ0v) is 22.1. The molecule has 2 aromatic rings. The van der Waals surface area contributed by atoms with E-state index in [1.54, 1.807) is 20.8 Å². The van der Waals surface area contributed by atoms with Gasteiger partial charge < -0.3 is 23.8 Å². The van der Waals surface area contributed by atoms with Crippen molar-refractivity contribution in [2.75, 3.05) is 32.6 Å². The van der Waals surface area contributed by atoms with E-state index in [2.05, 4.69) is 9.97 Å². The van der Waals surface area contributed by atoms with E-state index in [-0.39, 0.29) is 40.4 Å². The smallest absolute Gasteiger partial charge is 0.474 e. The molecule has 1 fully saturated rings. The lowest BCUT2D eigenvalue weighted by atomic mass is 10.1. The summed E-state index contributed by atoms with van der Waals surface area (Å²) in [6.07, 6.45) is 1.49. The number of nitrogens with zero attached hydrogens (tertiary/aromatic N) is 3. The summed E-state index contributed by atoms with van der Waals surface area (Å²) in [4.78, 5) is 24.9. The van der Waals surface area contributed by atoms with Gasteiger partial charge in [0.15, 0.2) is 21.4 Å². The number of piperidine rings is 1. The minimum atomic E-state index is -3.65. The largest absolute Gasteiger partial charge is 0.528 e. The molecule has 2 heterocycles. The number of methoxy groups -OCH3 is 1. The Labute approximate surface area is 215 Å². The lowest BCUT2D eigenvalue weighted by Crippen LogP contribution is -2.40. The summed E-state index contributed by atoms with van der Waals surface area (Å²) in [5.41, 5.74) is 0.456. The van der Waals surface area contributed by atoms with Crippen LogP contribution in [0.15, 0.2) is 29.4 Å². The first-order valence-electron chi connectivity index (χ1n) is 11.9. The third-order valence-corrected chi connectivity index (χ3v) is 7.24. The molecule has 0 atom stereocenters. The third kappa shape index (κ3) is 8.23. The second kappa shape index (κ2) is 13.0. The molecule has 0 unspecified atom stereocenters. The number of sulfone groups is 1. The highest BCUT2D eigenvalue weighted by molar-refractivity contribution is 7.91. The highest BCUT2D eigenvalue weighted by Crippen LogP contribution is 2.31. The van der Waals surface area contributed by atoms with Crippen LogP contribution < -0.4 is 9.47 Å². The first kappa shape index (κ1) is 28.5. The van der Waals surface area contributed by atoms with Gasteiger partial charge >= 0.3 is 6.16 Å². The van der Waals surface area contributed by atoms with E-state index in [9.17, 15) is 17.6 Å². The first-order valence-corrected chi connectivity index (χ1v) is 13.5. The van der Waals surface area contributed by atoms with Gasteiger partial charge in [-0.15, -0.1) is 5.06 Å². The average Bonchev–Trinajstić information content (AvgIpc) is 2.83. The van der Waals surface area contributed by atoms with Gasteiger partial charge in [-0.05, 0) is 45.4 Å². The number of hydrogen-bond donors (Lipinski definition) is 0. The van der Waals surface area contributed by atoms with Crippen LogP contribution in [0.5, 0.6) is 17.5 Å². The lowest BCUT2D eigenvalue weighted by molar-refractivity contribution is -0.151. The van der Waals surface area contributed by atoms with Gasteiger partial charge in [0.2, 0.25) is 11.8 Å². The zero-order chi connectivity index (χ0) is 27.0. The number of ether oxygens (including phenoxy) is 4. The van der Waals surface area contributed by atoms with E-state index < -0.39 is 21.8 Å². The van der Waals surface area contributed by atoms with Crippen LogP contribution in [0.2, 0.25) is 0 Å². The molecule has 1 aliphatic rings. The second-order valence-electron chi connectivity index (χ2n) is 8.72. The molecule has 11 nitrogen and oxygen atoms in total. The number of benzene rings is 1. The van der Waals surface area contributed by atoms with Crippen LogP contribution in [-0.2, 0) is 24.1 Å². The SMILES string of the molecule is COCCCS(=O)(=O)c1ccc(Oc2ncnc(OC3CCN(OC(=O)OC(C)C)CC3)c2C)c(F)c1. The molecule has 0 spiro atoms. The fourth-order valence-electron chi connectivity index (χ4n) is 3.53. The number of carbonyl (C=O) groups is 1. The Morgan fingerprint density at radius 1 is 1.19 bits per heavy atom. The van der Waals surface area contributed by atoms with Crippen molar-refractivity contribution in [3.05, 3.63) is 35.9 Å². The molecule has 1 saturated heterocycles. The predicted molar refractivity (Wildman–Crippen MR) is 130 cm³/mol. The summed E-state index contributed by atoms with van der Waals surface area (Å²) < 4.78 is 61.0. The van der Waals surface area contributed by atoms with Crippen molar-refractivity contribution in [3.8, 4) is 17.5 Å². The molecule has 13 heteroatoms. The molecule has 0 saturated carbocycles. The summed E-state index contributed by atoms with van der Waals surface area (Å²) in [7, 11) is -2.17. The maximum Gasteiger partial charge on any atom is 0.528 e. The minimum absolute atomic E-state index is 0.0804. The van der Waals surface area contributed by atoms with Crippen LogP contribution in [0.25, 0.3) is 0 Å². The van der Waals surface area contributed by atoms with Crippen molar-refractivity contribution in [2.45, 2.75) is 57.1 Å². The number of hydrogen-bond acceptors (Lipinski definition) is 11. The first-order chi connectivity index (χ1) is 17.6. The molecular formula is C24H32FN3O8S. The van der Waals surface area contributed by atoms with Crippen molar-refractivity contribution in [3.63, 3.8) is 0 Å². The Morgan fingerprint density at radius 3 is 2.54 bits per heavy atom. The summed E-state index contributed by atoms with van der Waals surface area (Å²) in [5, 5.41) is 1.52. The number of aromatic nitrogens is 2. The zero-order valence-electron chi connectivity index (χ0n) is 21.3. The van der Waals surface area contributed by atoms with Crippen LogP contribution in [0.1, 0.15) is 38.7 Å². The summed E-state index contributed by atoms with van der Waals surface area (Å²) >= 11 is 0. The maximum atomic E-state index is 14.7. The van der Waals surface area contributed by atoms with Gasteiger partial charge in [-0.3, -0.25) is 0 Å². The van der Waals surface area contributed by atoms with Gasteiger partial charge in [0, 0.05) is 39.6 Å². The topological polar surface area (TPSA) is 126 Å². The van der Waals surface area contributed by atoms with Gasteiger partial charge in [-0.1, -0.05) is 0 Å². The van der Waals surface area contributed by atoms with E-state index in [4.69, 9.17) is 23.8 Å². The van der Waals surface area contributed by atoms with E-state index in [0.717, 1.165) is 6.07 Å². The highest BCUT2D eigenvalue weighted by atomic mass is 32.2. The van der Waals surface area contributed by atoms with Crippen LogP contribution >= 0.6 is 0 Å². The molecule has 1 aromatic heterocycles. The maximum absolute atomic E-state index is 14.7. The molecule has 0 aliphatic carbocycles. The van der Waals surface area contributed by atoms with Crippen LogP contribution in [0.3, 0.4) is 0 Å². The summed E-state index contributed by atoms with van der Waals surface area (Å²) in [5.74, 6) is -0.809. The molecule has 204 valence electrons.